The lowest BCUT2D eigenvalue weighted by molar-refractivity contribution is -0.125. The molecule has 0 radical (unpaired) electrons. The quantitative estimate of drug-likeness (QED) is 0.654. The molecule has 0 unspecified atom stereocenters. The first-order chi connectivity index (χ1) is 15.2. The molecular weight excluding hydrogens is 386 g/mol. The number of nitrogens with zero attached hydrogens (tertiary/aromatic N) is 3. The van der Waals surface area contributed by atoms with E-state index in [0.717, 1.165) is 49.9 Å². The van der Waals surface area contributed by atoms with Crippen LogP contribution in [0, 0.1) is 18.8 Å². The van der Waals surface area contributed by atoms with E-state index in [-0.39, 0.29) is 11.8 Å². The highest BCUT2D eigenvalue weighted by Crippen LogP contribution is 2.24. The summed E-state index contributed by atoms with van der Waals surface area (Å²) in [5.74, 6) is 2.53. The van der Waals surface area contributed by atoms with E-state index in [9.17, 15) is 4.79 Å². The van der Waals surface area contributed by atoms with E-state index in [4.69, 9.17) is 4.98 Å². The number of aromatic nitrogens is 2. The van der Waals surface area contributed by atoms with Gasteiger partial charge in [-0.1, -0.05) is 43.4 Å². The van der Waals surface area contributed by atoms with E-state index in [0.29, 0.717) is 5.92 Å². The zero-order chi connectivity index (χ0) is 21.5. The summed E-state index contributed by atoms with van der Waals surface area (Å²) in [6.45, 7) is 4.56. The van der Waals surface area contributed by atoms with E-state index < -0.39 is 0 Å². The third kappa shape index (κ3) is 6.18. The lowest BCUT2D eigenvalue weighted by Crippen LogP contribution is -2.42. The summed E-state index contributed by atoms with van der Waals surface area (Å²) in [6.07, 6.45) is 11.4. The van der Waals surface area contributed by atoms with Gasteiger partial charge in [0.25, 0.3) is 0 Å². The van der Waals surface area contributed by atoms with Gasteiger partial charge in [-0.25, -0.2) is 4.98 Å². The zero-order valence-corrected chi connectivity index (χ0v) is 18.6. The Morgan fingerprint density at radius 3 is 2.42 bits per heavy atom. The summed E-state index contributed by atoms with van der Waals surface area (Å²) >= 11 is 0. The number of rotatable bonds is 6. The number of carbonyl (C=O) groups excluding carboxylic acids is 1. The Bertz CT molecular complexity index is 837. The first-order valence-corrected chi connectivity index (χ1v) is 11.9. The van der Waals surface area contributed by atoms with Crippen LogP contribution in [0.2, 0.25) is 0 Å². The lowest BCUT2D eigenvalue weighted by atomic mass is 9.95. The summed E-state index contributed by atoms with van der Waals surface area (Å²) in [4.78, 5) is 24.0. The number of nitrogens with one attached hydrogen (secondary N) is 2. The molecule has 1 saturated heterocycles. The highest BCUT2D eigenvalue weighted by Gasteiger charge is 2.26. The van der Waals surface area contributed by atoms with Crippen molar-refractivity contribution in [2.24, 2.45) is 11.8 Å². The Hall–Kier alpha value is -2.63. The number of anilines is 3. The van der Waals surface area contributed by atoms with Gasteiger partial charge in [-0.15, -0.1) is 0 Å². The molecule has 2 heterocycles. The molecule has 1 aromatic carbocycles. The summed E-state index contributed by atoms with van der Waals surface area (Å²) in [6, 6.07) is 10.1. The van der Waals surface area contributed by atoms with E-state index in [2.05, 4.69) is 51.7 Å². The lowest BCUT2D eigenvalue weighted by Gasteiger charge is -2.31. The van der Waals surface area contributed by atoms with Gasteiger partial charge in [0.2, 0.25) is 11.9 Å². The number of amides is 1. The van der Waals surface area contributed by atoms with E-state index in [1.54, 1.807) is 6.20 Å². The van der Waals surface area contributed by atoms with Gasteiger partial charge in [0.05, 0.1) is 0 Å². The smallest absolute Gasteiger partial charge is 0.227 e. The van der Waals surface area contributed by atoms with Crippen LogP contribution in [-0.4, -0.2) is 35.5 Å². The predicted molar refractivity (Wildman–Crippen MR) is 126 cm³/mol. The molecule has 0 atom stereocenters. The molecule has 2 aliphatic rings. The van der Waals surface area contributed by atoms with Gasteiger partial charge in [0.15, 0.2) is 0 Å². The molecule has 4 rings (SSSR count). The van der Waals surface area contributed by atoms with Crippen molar-refractivity contribution >= 4 is 23.4 Å². The summed E-state index contributed by atoms with van der Waals surface area (Å²) in [7, 11) is 0. The minimum atomic E-state index is 0.107. The molecule has 2 aromatic rings. The second-order valence-corrected chi connectivity index (χ2v) is 9.10. The topological polar surface area (TPSA) is 70.2 Å². The maximum atomic E-state index is 12.7. The van der Waals surface area contributed by atoms with Gasteiger partial charge >= 0.3 is 0 Å². The highest BCUT2D eigenvalue weighted by molar-refractivity contribution is 5.79. The van der Waals surface area contributed by atoms with Crippen LogP contribution in [0.25, 0.3) is 0 Å². The van der Waals surface area contributed by atoms with Gasteiger partial charge in [-0.05, 0) is 56.7 Å². The number of piperidine rings is 1. The highest BCUT2D eigenvalue weighted by atomic mass is 16.1. The average Bonchev–Trinajstić information content (AvgIpc) is 3.08. The largest absolute Gasteiger partial charge is 0.356 e. The molecule has 1 aliphatic heterocycles. The van der Waals surface area contributed by atoms with Gasteiger partial charge in [0.1, 0.15) is 5.82 Å². The van der Waals surface area contributed by atoms with Crippen molar-refractivity contribution in [2.45, 2.75) is 58.3 Å². The van der Waals surface area contributed by atoms with Gasteiger partial charge in [-0.2, -0.15) is 4.98 Å². The van der Waals surface area contributed by atoms with E-state index in [1.807, 2.05) is 6.07 Å². The molecule has 1 aromatic heterocycles. The van der Waals surface area contributed by atoms with Gasteiger partial charge in [0, 0.05) is 37.4 Å². The van der Waals surface area contributed by atoms with Crippen molar-refractivity contribution in [1.82, 2.24) is 15.3 Å². The van der Waals surface area contributed by atoms with Crippen molar-refractivity contribution in [1.29, 1.82) is 0 Å². The second-order valence-electron chi connectivity index (χ2n) is 9.10. The fourth-order valence-electron chi connectivity index (χ4n) is 4.65. The minimum Gasteiger partial charge on any atom is -0.356 e. The molecule has 166 valence electrons. The summed E-state index contributed by atoms with van der Waals surface area (Å²) in [5.41, 5.74) is 2.24. The molecular formula is C25H35N5O. The molecule has 0 bridgehead atoms. The first-order valence-electron chi connectivity index (χ1n) is 11.9. The number of carbonyl (C=O) groups is 1. The van der Waals surface area contributed by atoms with Crippen LogP contribution < -0.4 is 15.5 Å². The molecule has 0 spiro atoms. The monoisotopic (exact) mass is 421 g/mol. The summed E-state index contributed by atoms with van der Waals surface area (Å²) < 4.78 is 0. The SMILES string of the molecule is Cc1ccc(Nc2ccnc(N3CCC(C(=O)NCC4CCCCCC4)CC3)n2)cc1. The van der Waals surface area contributed by atoms with Crippen LogP contribution >= 0.6 is 0 Å². The molecule has 2 fully saturated rings. The molecule has 6 nitrogen and oxygen atoms in total. The Labute approximate surface area is 185 Å². The van der Waals surface area contributed by atoms with Gasteiger partial charge < -0.3 is 15.5 Å². The Kier molecular flexibility index (Phi) is 7.39. The fourth-order valence-corrected chi connectivity index (χ4v) is 4.65. The number of benzene rings is 1. The molecule has 1 saturated carbocycles. The minimum absolute atomic E-state index is 0.107. The zero-order valence-electron chi connectivity index (χ0n) is 18.6. The Balaban J connectivity index is 1.26. The third-order valence-electron chi connectivity index (χ3n) is 6.66. The number of hydrogen-bond acceptors (Lipinski definition) is 5. The van der Waals surface area contributed by atoms with Crippen LogP contribution in [0.4, 0.5) is 17.5 Å². The molecule has 1 amide bonds. The van der Waals surface area contributed by atoms with E-state index in [1.165, 1.54) is 44.1 Å². The first kappa shape index (κ1) is 21.6. The van der Waals surface area contributed by atoms with Crippen molar-refractivity contribution in [3.8, 4) is 0 Å². The van der Waals surface area contributed by atoms with Crippen LogP contribution in [0.3, 0.4) is 0 Å². The van der Waals surface area contributed by atoms with Gasteiger partial charge in [-0.3, -0.25) is 4.79 Å². The molecule has 1 aliphatic carbocycles. The predicted octanol–water partition coefficient (Wildman–Crippen LogP) is 4.83. The Morgan fingerprint density at radius 1 is 1.00 bits per heavy atom. The van der Waals surface area contributed by atoms with Crippen LogP contribution in [0.15, 0.2) is 36.5 Å². The van der Waals surface area contributed by atoms with Crippen molar-refractivity contribution in [3.63, 3.8) is 0 Å². The van der Waals surface area contributed by atoms with Crippen molar-refractivity contribution < 1.29 is 4.79 Å². The second kappa shape index (κ2) is 10.6. The van der Waals surface area contributed by atoms with Crippen molar-refractivity contribution in [3.05, 3.63) is 42.1 Å². The average molecular weight is 422 g/mol. The standard InChI is InChI=1S/C25H35N5O/c1-19-8-10-22(11-9-19)28-23-12-15-26-25(29-23)30-16-13-21(14-17-30)24(31)27-18-20-6-4-2-3-5-7-20/h8-12,15,20-21H,2-7,13-14,16-18H2,1H3,(H,27,31)(H,26,28,29). The third-order valence-corrected chi connectivity index (χ3v) is 6.66. The molecule has 31 heavy (non-hydrogen) atoms. The Morgan fingerprint density at radius 2 is 1.71 bits per heavy atom. The summed E-state index contributed by atoms with van der Waals surface area (Å²) in [5, 5.41) is 6.59. The number of aryl methyl sites for hydroxylation is 1. The molecule has 2 N–H and O–H groups in total. The fraction of sp³-hybridized carbons (Fsp3) is 0.560. The maximum absolute atomic E-state index is 12.7. The normalized spacial score (nSPS) is 18.4. The van der Waals surface area contributed by atoms with Crippen molar-refractivity contribution in [2.75, 3.05) is 29.9 Å². The van der Waals surface area contributed by atoms with E-state index >= 15 is 0 Å². The van der Waals surface area contributed by atoms with Crippen LogP contribution in [0.1, 0.15) is 56.9 Å². The molecule has 6 heteroatoms. The van der Waals surface area contributed by atoms with Crippen LogP contribution in [0.5, 0.6) is 0 Å². The maximum Gasteiger partial charge on any atom is 0.227 e. The number of hydrogen-bond donors (Lipinski definition) is 2. The van der Waals surface area contributed by atoms with Crippen LogP contribution in [-0.2, 0) is 4.79 Å².